The molecule has 6 rings (SSSR count). The molecule has 0 bridgehead atoms. The largest absolute Gasteiger partial charge is 0.383 e. The summed E-state index contributed by atoms with van der Waals surface area (Å²) >= 11 is 0. The van der Waals surface area contributed by atoms with Gasteiger partial charge < -0.3 is 16.8 Å². The highest BCUT2D eigenvalue weighted by molar-refractivity contribution is 6.04. The van der Waals surface area contributed by atoms with Gasteiger partial charge in [0.1, 0.15) is 17.8 Å². The molecule has 0 saturated carbocycles. The fraction of sp³-hybridized carbons (Fsp3) is 0.0357. The normalized spacial score (nSPS) is 15.1. The molecule has 42 heavy (non-hydrogen) atoms. The average molecular weight is 559 g/mol. The number of aromatic amines is 1. The van der Waals surface area contributed by atoms with Crippen molar-refractivity contribution in [3.63, 3.8) is 0 Å². The second-order valence-electron chi connectivity index (χ2n) is 8.95. The lowest BCUT2D eigenvalue weighted by Crippen LogP contribution is -2.35. The summed E-state index contributed by atoms with van der Waals surface area (Å²) in [6.07, 6.45) is -0.289. The number of H-pyrrole nitrogens is 1. The summed E-state index contributed by atoms with van der Waals surface area (Å²) in [4.78, 5) is 26.7. The van der Waals surface area contributed by atoms with Crippen molar-refractivity contribution in [3.8, 4) is 11.4 Å². The van der Waals surface area contributed by atoms with E-state index >= 15 is 0 Å². The lowest BCUT2D eigenvalue weighted by atomic mass is 10.2. The van der Waals surface area contributed by atoms with Crippen LogP contribution in [0.2, 0.25) is 0 Å². The topological polar surface area (TPSA) is 205 Å². The third-order valence-corrected chi connectivity index (χ3v) is 5.95. The zero-order chi connectivity index (χ0) is 28.7. The Balaban J connectivity index is 1.28. The van der Waals surface area contributed by atoms with E-state index < -0.39 is 0 Å². The smallest absolute Gasteiger partial charge is 0.248 e. The summed E-state index contributed by atoms with van der Waals surface area (Å²) in [6.45, 7) is 0. The molecule has 0 aliphatic carbocycles. The predicted molar refractivity (Wildman–Crippen MR) is 162 cm³/mol. The number of hydrogen-bond acceptors (Lipinski definition) is 10. The summed E-state index contributed by atoms with van der Waals surface area (Å²) in [6, 6.07) is 30.3. The number of nitrogens with two attached hydrogens (primary N) is 2. The van der Waals surface area contributed by atoms with E-state index in [1.807, 2.05) is 91.0 Å². The van der Waals surface area contributed by atoms with E-state index in [1.54, 1.807) is 6.07 Å². The molecule has 1 aliphatic rings. The van der Waals surface area contributed by atoms with Crippen LogP contribution in [0.1, 0.15) is 17.3 Å². The minimum atomic E-state index is -0.289. The van der Waals surface area contributed by atoms with Gasteiger partial charge in [-0.1, -0.05) is 91.0 Å². The Morgan fingerprint density at radius 2 is 1.50 bits per heavy atom. The Hall–Kier alpha value is -6.15. The molecule has 0 fully saturated rings. The number of rotatable bonds is 7. The van der Waals surface area contributed by atoms with E-state index in [0.717, 1.165) is 11.1 Å². The zero-order valence-electron chi connectivity index (χ0n) is 22.1. The van der Waals surface area contributed by atoms with E-state index in [9.17, 15) is 0 Å². The number of guanidine groups is 2. The molecular weight excluding hydrogens is 532 g/mol. The van der Waals surface area contributed by atoms with Crippen LogP contribution >= 0.6 is 0 Å². The molecule has 208 valence electrons. The van der Waals surface area contributed by atoms with Gasteiger partial charge in [-0.05, 0) is 5.56 Å². The summed E-state index contributed by atoms with van der Waals surface area (Å²) in [5, 5.41) is 13.3. The quantitative estimate of drug-likeness (QED) is 0.115. The van der Waals surface area contributed by atoms with Gasteiger partial charge in [0.2, 0.25) is 23.8 Å². The Labute approximate surface area is 240 Å². The highest BCUT2D eigenvalue weighted by atomic mass is 15.5. The molecule has 3 heterocycles. The lowest BCUT2D eigenvalue weighted by molar-refractivity contribution is 0.574. The van der Waals surface area contributed by atoms with Crippen molar-refractivity contribution >= 4 is 41.3 Å². The van der Waals surface area contributed by atoms with E-state index in [4.69, 9.17) is 11.5 Å². The third-order valence-electron chi connectivity index (χ3n) is 5.95. The van der Waals surface area contributed by atoms with Gasteiger partial charge in [-0.2, -0.15) is 24.9 Å². The van der Waals surface area contributed by atoms with Crippen molar-refractivity contribution in [2.75, 3.05) is 10.6 Å². The fourth-order valence-corrected chi connectivity index (χ4v) is 4.00. The van der Waals surface area contributed by atoms with Crippen molar-refractivity contribution in [1.29, 1.82) is 0 Å². The van der Waals surface area contributed by atoms with Crippen LogP contribution in [0, 0.1) is 0 Å². The van der Waals surface area contributed by atoms with E-state index in [2.05, 4.69) is 61.6 Å². The maximum Gasteiger partial charge on any atom is 0.248 e. The van der Waals surface area contributed by atoms with Crippen LogP contribution in [0.25, 0.3) is 11.4 Å². The monoisotopic (exact) mass is 558 g/mol. The number of amidine groups is 1. The molecule has 0 amide bonds. The van der Waals surface area contributed by atoms with Crippen molar-refractivity contribution in [2.45, 2.75) is 6.17 Å². The highest BCUT2D eigenvalue weighted by Gasteiger charge is 2.19. The number of nitrogens with one attached hydrogen (secondary N) is 5. The molecule has 0 saturated heterocycles. The first-order chi connectivity index (χ1) is 20.6. The minimum Gasteiger partial charge on any atom is -0.383 e. The molecule has 2 aromatic heterocycles. The van der Waals surface area contributed by atoms with Crippen LogP contribution in [0.4, 0.5) is 23.5 Å². The molecule has 3 aromatic carbocycles. The molecular formula is C28H26N14. The molecule has 5 aromatic rings. The molecule has 1 atom stereocenters. The van der Waals surface area contributed by atoms with Crippen molar-refractivity contribution < 1.29 is 0 Å². The minimum absolute atomic E-state index is 0.0849. The molecule has 0 spiro atoms. The van der Waals surface area contributed by atoms with E-state index in [0.29, 0.717) is 29.1 Å². The summed E-state index contributed by atoms with van der Waals surface area (Å²) in [5.41, 5.74) is 20.9. The van der Waals surface area contributed by atoms with Crippen molar-refractivity contribution in [2.24, 2.45) is 26.4 Å². The van der Waals surface area contributed by atoms with Crippen LogP contribution in [0.3, 0.4) is 0 Å². The first-order valence-corrected chi connectivity index (χ1v) is 12.9. The number of benzene rings is 3. The van der Waals surface area contributed by atoms with Gasteiger partial charge in [0.15, 0.2) is 11.6 Å². The fourth-order valence-electron chi connectivity index (χ4n) is 4.00. The standard InChI is InChI=1S/C28H26N14/c29-22(17-10-4-1-5-11-17)35-25(30)31-20-16-21(34-27-36-23(39-41-27)18-12-6-2-7-13-18)33-26(32-20)38-28-37-24(40-42-28)19-14-8-3-9-15-19/h1-16,24,40H,(H8,29,30,31,32,33,34,35,36,37,38,39,41,42). The van der Waals surface area contributed by atoms with Crippen LogP contribution in [0.15, 0.2) is 112 Å². The van der Waals surface area contributed by atoms with Crippen LogP contribution in [-0.4, -0.2) is 42.9 Å². The van der Waals surface area contributed by atoms with Crippen LogP contribution in [-0.2, 0) is 0 Å². The Morgan fingerprint density at radius 3 is 2.26 bits per heavy atom. The first kappa shape index (κ1) is 26.1. The second kappa shape index (κ2) is 11.9. The number of anilines is 3. The number of hydrogen-bond donors (Lipinski definition) is 7. The highest BCUT2D eigenvalue weighted by Crippen LogP contribution is 2.22. The summed E-state index contributed by atoms with van der Waals surface area (Å²) in [7, 11) is 0. The van der Waals surface area contributed by atoms with Crippen molar-refractivity contribution in [1.82, 2.24) is 36.0 Å². The number of aliphatic imine (C=N–C) groups is 3. The summed E-state index contributed by atoms with van der Waals surface area (Å²) < 4.78 is 0. The Kier molecular flexibility index (Phi) is 7.41. The number of hydrazine groups is 1. The first-order valence-electron chi connectivity index (χ1n) is 12.9. The predicted octanol–water partition coefficient (Wildman–Crippen LogP) is 2.93. The van der Waals surface area contributed by atoms with Crippen LogP contribution in [0.5, 0.6) is 0 Å². The maximum absolute atomic E-state index is 6.12. The lowest BCUT2D eigenvalue weighted by Gasteiger charge is -2.08. The Morgan fingerprint density at radius 1 is 0.786 bits per heavy atom. The van der Waals surface area contributed by atoms with Crippen molar-refractivity contribution in [3.05, 3.63) is 108 Å². The van der Waals surface area contributed by atoms with E-state index in [1.165, 1.54) is 0 Å². The van der Waals surface area contributed by atoms with Gasteiger partial charge in [-0.3, -0.25) is 15.8 Å². The van der Waals surface area contributed by atoms with Gasteiger partial charge in [-0.25, -0.2) is 10.4 Å². The molecule has 14 nitrogen and oxygen atoms in total. The summed E-state index contributed by atoms with van der Waals surface area (Å²) in [5.74, 6) is 2.20. The van der Waals surface area contributed by atoms with Gasteiger partial charge in [0.25, 0.3) is 0 Å². The number of nitrogens with zero attached hydrogens (tertiary/aromatic N) is 7. The maximum atomic E-state index is 6.12. The molecule has 0 radical (unpaired) electrons. The van der Waals surface area contributed by atoms with Gasteiger partial charge >= 0.3 is 0 Å². The van der Waals surface area contributed by atoms with Gasteiger partial charge in [-0.15, -0.1) is 5.10 Å². The SMILES string of the molecule is NC(=Nc1cc(Nc2n[nH]c(-c3ccccc3)n2)nc(NC2=NC(c3ccccc3)NN2)n1)/N=C(\N)c1ccccc1. The van der Waals surface area contributed by atoms with Crippen LogP contribution < -0.4 is 33.0 Å². The average Bonchev–Trinajstić information content (AvgIpc) is 3.68. The molecule has 9 N–H and O–H groups in total. The third kappa shape index (κ3) is 6.35. The van der Waals surface area contributed by atoms with E-state index in [-0.39, 0.29) is 29.7 Å². The number of aromatic nitrogens is 5. The molecule has 14 heteroatoms. The molecule has 1 unspecified atom stereocenters. The second-order valence-corrected chi connectivity index (χ2v) is 8.95. The van der Waals surface area contributed by atoms with Gasteiger partial charge in [0, 0.05) is 17.2 Å². The zero-order valence-corrected chi connectivity index (χ0v) is 22.1. The van der Waals surface area contributed by atoms with Gasteiger partial charge in [0.05, 0.1) is 0 Å². The molecule has 1 aliphatic heterocycles. The Bertz CT molecular complexity index is 1750.